The van der Waals surface area contributed by atoms with Gasteiger partial charge < -0.3 is 10.2 Å². The van der Waals surface area contributed by atoms with Crippen molar-refractivity contribution in [3.05, 3.63) is 28.2 Å². The zero-order valence-electron chi connectivity index (χ0n) is 12.8. The number of hydrogen-bond donors (Lipinski definition) is 1. The molecule has 8 heteroatoms. The van der Waals surface area contributed by atoms with E-state index in [0.717, 1.165) is 15.7 Å². The van der Waals surface area contributed by atoms with Crippen molar-refractivity contribution < 1.29 is 9.59 Å². The number of halogens is 1. The maximum Gasteiger partial charge on any atom is 0.241 e. The van der Waals surface area contributed by atoms with Gasteiger partial charge in [0.05, 0.1) is 5.69 Å². The number of amidine groups is 1. The van der Waals surface area contributed by atoms with Crippen LogP contribution in [0.1, 0.15) is 24.8 Å². The maximum absolute atomic E-state index is 11.8. The third-order valence-electron chi connectivity index (χ3n) is 2.99. The van der Waals surface area contributed by atoms with Crippen molar-refractivity contribution in [3.8, 4) is 0 Å². The second kappa shape index (κ2) is 6.70. The molecule has 22 heavy (non-hydrogen) atoms. The van der Waals surface area contributed by atoms with Crippen LogP contribution < -0.4 is 10.2 Å². The van der Waals surface area contributed by atoms with Gasteiger partial charge in [-0.15, -0.1) is 5.10 Å². The molecule has 118 valence electrons. The standard InChI is InChI=1S/C14H17BrN4O2S/c1-8(20)16-14-17-19(9(2)21)13(22-14)10-5-6-12(18(3)4)11(15)7-10/h5-7,13H,1-4H3,(H,16,17,20)/t13-/m0/s1. The molecule has 1 N–H and O–H groups in total. The zero-order chi connectivity index (χ0) is 16.4. The fraction of sp³-hybridized carbons (Fsp3) is 0.357. The molecule has 2 amide bonds. The average molecular weight is 385 g/mol. The summed E-state index contributed by atoms with van der Waals surface area (Å²) in [7, 11) is 3.92. The first kappa shape index (κ1) is 16.8. The molecule has 0 radical (unpaired) electrons. The topological polar surface area (TPSA) is 65.0 Å². The number of benzene rings is 1. The summed E-state index contributed by atoms with van der Waals surface area (Å²) in [5.74, 6) is -0.384. The normalized spacial score (nSPS) is 17.2. The van der Waals surface area contributed by atoms with Gasteiger partial charge in [0.2, 0.25) is 11.8 Å². The van der Waals surface area contributed by atoms with Crippen molar-refractivity contribution in [1.29, 1.82) is 0 Å². The Hall–Kier alpha value is -1.54. The van der Waals surface area contributed by atoms with Crippen molar-refractivity contribution in [2.45, 2.75) is 19.2 Å². The fourth-order valence-corrected chi connectivity index (χ4v) is 3.90. The summed E-state index contributed by atoms with van der Waals surface area (Å²) in [6.45, 7) is 2.87. The van der Waals surface area contributed by atoms with Gasteiger partial charge in [-0.05, 0) is 33.6 Å². The predicted molar refractivity (Wildman–Crippen MR) is 92.6 cm³/mol. The van der Waals surface area contributed by atoms with E-state index in [0.29, 0.717) is 5.17 Å². The lowest BCUT2D eigenvalue weighted by atomic mass is 10.2. The van der Waals surface area contributed by atoms with E-state index in [-0.39, 0.29) is 17.2 Å². The Bertz CT molecular complexity index is 648. The Labute approximate surface area is 142 Å². The van der Waals surface area contributed by atoms with Gasteiger partial charge in [-0.1, -0.05) is 17.8 Å². The van der Waals surface area contributed by atoms with Crippen LogP contribution in [0.4, 0.5) is 5.69 Å². The summed E-state index contributed by atoms with van der Waals surface area (Å²) >= 11 is 4.89. The minimum Gasteiger partial charge on any atom is -0.377 e. The lowest BCUT2D eigenvalue weighted by Crippen LogP contribution is -2.25. The van der Waals surface area contributed by atoms with Crippen LogP contribution in [0.3, 0.4) is 0 Å². The summed E-state index contributed by atoms with van der Waals surface area (Å²) in [6, 6.07) is 5.91. The van der Waals surface area contributed by atoms with Crippen LogP contribution in [0.5, 0.6) is 0 Å². The lowest BCUT2D eigenvalue weighted by Gasteiger charge is -2.21. The molecule has 0 aromatic heterocycles. The smallest absolute Gasteiger partial charge is 0.241 e. The Morgan fingerprint density at radius 2 is 2.05 bits per heavy atom. The van der Waals surface area contributed by atoms with Gasteiger partial charge in [-0.2, -0.15) is 0 Å². The summed E-state index contributed by atoms with van der Waals surface area (Å²) in [4.78, 5) is 25.0. The molecule has 0 bridgehead atoms. The number of hydrogen-bond acceptors (Lipinski definition) is 5. The molecule has 0 spiro atoms. The van der Waals surface area contributed by atoms with Gasteiger partial charge in [0.1, 0.15) is 5.37 Å². The SMILES string of the molecule is CC(=O)NC1=NN(C(C)=O)[C@H](c2ccc(N(C)C)c(Br)c2)S1. The first-order valence-corrected chi connectivity index (χ1v) is 8.26. The van der Waals surface area contributed by atoms with Crippen LogP contribution in [0.2, 0.25) is 0 Å². The van der Waals surface area contributed by atoms with Gasteiger partial charge in [0, 0.05) is 32.4 Å². The number of rotatable bonds is 2. The van der Waals surface area contributed by atoms with Crippen LogP contribution in [0.25, 0.3) is 0 Å². The molecule has 1 aromatic rings. The number of carbonyl (C=O) groups excluding carboxylic acids is 2. The Morgan fingerprint density at radius 1 is 1.36 bits per heavy atom. The van der Waals surface area contributed by atoms with E-state index >= 15 is 0 Å². The highest BCUT2D eigenvalue weighted by Gasteiger charge is 2.32. The predicted octanol–water partition coefficient (Wildman–Crippen LogP) is 2.52. The number of amides is 2. The molecule has 0 unspecified atom stereocenters. The molecule has 6 nitrogen and oxygen atoms in total. The van der Waals surface area contributed by atoms with Crippen LogP contribution in [-0.2, 0) is 9.59 Å². The molecule has 0 aliphatic carbocycles. The number of nitrogens with zero attached hydrogens (tertiary/aromatic N) is 3. The van der Waals surface area contributed by atoms with Gasteiger partial charge in [-0.3, -0.25) is 9.59 Å². The van der Waals surface area contributed by atoms with E-state index in [1.54, 1.807) is 0 Å². The maximum atomic E-state index is 11.8. The number of hydrazone groups is 1. The first-order chi connectivity index (χ1) is 10.3. The van der Waals surface area contributed by atoms with Crippen molar-refractivity contribution in [3.63, 3.8) is 0 Å². The number of thioether (sulfide) groups is 1. The van der Waals surface area contributed by atoms with Crippen LogP contribution in [0, 0.1) is 0 Å². The summed E-state index contributed by atoms with van der Waals surface area (Å²) in [5, 5.41) is 8.34. The van der Waals surface area contributed by atoms with E-state index in [1.807, 2.05) is 37.2 Å². The van der Waals surface area contributed by atoms with E-state index in [2.05, 4.69) is 26.3 Å². The molecule has 0 saturated carbocycles. The van der Waals surface area contributed by atoms with Crippen molar-refractivity contribution in [2.75, 3.05) is 19.0 Å². The third kappa shape index (κ3) is 3.61. The molecule has 1 aliphatic rings. The minimum atomic E-state index is -0.285. The highest BCUT2D eigenvalue weighted by molar-refractivity contribution is 9.10. The number of carbonyl (C=O) groups is 2. The number of anilines is 1. The van der Waals surface area contributed by atoms with Crippen LogP contribution >= 0.6 is 27.7 Å². The van der Waals surface area contributed by atoms with E-state index < -0.39 is 0 Å². The van der Waals surface area contributed by atoms with Crippen LogP contribution in [-0.4, -0.2) is 36.1 Å². The van der Waals surface area contributed by atoms with Gasteiger partial charge >= 0.3 is 0 Å². The average Bonchev–Trinajstić information content (AvgIpc) is 2.81. The monoisotopic (exact) mass is 384 g/mol. The second-order valence-electron chi connectivity index (χ2n) is 5.03. The summed E-state index contributed by atoms with van der Waals surface area (Å²) < 4.78 is 0.937. The molecule has 1 atom stereocenters. The second-order valence-corrected chi connectivity index (χ2v) is 6.95. The van der Waals surface area contributed by atoms with Crippen molar-refractivity contribution in [1.82, 2.24) is 10.3 Å². The fourth-order valence-electron chi connectivity index (χ4n) is 2.02. The number of nitrogens with one attached hydrogen (secondary N) is 1. The van der Waals surface area contributed by atoms with E-state index in [1.165, 1.54) is 30.6 Å². The largest absolute Gasteiger partial charge is 0.377 e. The highest BCUT2D eigenvalue weighted by Crippen LogP contribution is 2.40. The Balaban J connectivity index is 2.30. The molecule has 0 fully saturated rings. The Kier molecular flexibility index (Phi) is 5.12. The van der Waals surface area contributed by atoms with Gasteiger partial charge in [-0.25, -0.2) is 5.01 Å². The molecule has 1 aliphatic heterocycles. The molecular weight excluding hydrogens is 368 g/mol. The summed E-state index contributed by atoms with van der Waals surface area (Å²) in [5.41, 5.74) is 1.98. The van der Waals surface area contributed by atoms with E-state index in [4.69, 9.17) is 0 Å². The molecular formula is C14H17BrN4O2S. The van der Waals surface area contributed by atoms with E-state index in [9.17, 15) is 9.59 Å². The minimum absolute atomic E-state index is 0.175. The molecule has 1 aromatic carbocycles. The molecule has 1 heterocycles. The zero-order valence-corrected chi connectivity index (χ0v) is 15.2. The van der Waals surface area contributed by atoms with Crippen molar-refractivity contribution in [2.24, 2.45) is 5.10 Å². The highest BCUT2D eigenvalue weighted by atomic mass is 79.9. The Morgan fingerprint density at radius 3 is 2.55 bits per heavy atom. The first-order valence-electron chi connectivity index (χ1n) is 6.59. The van der Waals surface area contributed by atoms with Gasteiger partial charge in [0.25, 0.3) is 0 Å². The van der Waals surface area contributed by atoms with Crippen LogP contribution in [0.15, 0.2) is 27.8 Å². The summed E-state index contributed by atoms with van der Waals surface area (Å²) in [6.07, 6.45) is 0. The van der Waals surface area contributed by atoms with Gasteiger partial charge in [0.15, 0.2) is 5.17 Å². The quantitative estimate of drug-likeness (QED) is 0.850. The lowest BCUT2D eigenvalue weighted by molar-refractivity contribution is -0.129. The van der Waals surface area contributed by atoms with Crippen molar-refractivity contribution >= 4 is 50.4 Å². The molecule has 2 rings (SSSR count). The third-order valence-corrected chi connectivity index (χ3v) is 4.73. The molecule has 0 saturated heterocycles.